The highest BCUT2D eigenvalue weighted by atomic mass is 35.5. The van der Waals surface area contributed by atoms with Gasteiger partial charge in [0.2, 0.25) is 5.91 Å². The van der Waals surface area contributed by atoms with Crippen LogP contribution in [0.5, 0.6) is 0 Å². The number of halogens is 1. The molecule has 0 radical (unpaired) electrons. The van der Waals surface area contributed by atoms with Gasteiger partial charge >= 0.3 is 4.87 Å². The molecule has 0 N–H and O–H groups in total. The van der Waals surface area contributed by atoms with E-state index in [2.05, 4.69) is 0 Å². The van der Waals surface area contributed by atoms with Crippen molar-refractivity contribution in [2.24, 2.45) is 0 Å². The molecule has 1 amide bonds. The Labute approximate surface area is 126 Å². The zero-order chi connectivity index (χ0) is 14.7. The van der Waals surface area contributed by atoms with Crippen molar-refractivity contribution in [2.45, 2.75) is 20.0 Å². The van der Waals surface area contributed by atoms with E-state index in [9.17, 15) is 9.59 Å². The summed E-state index contributed by atoms with van der Waals surface area (Å²) in [6, 6.07) is 7.35. The van der Waals surface area contributed by atoms with E-state index in [0.29, 0.717) is 11.6 Å². The molecule has 106 valence electrons. The van der Waals surface area contributed by atoms with Gasteiger partial charge in [-0.25, -0.2) is 0 Å². The number of thiazole rings is 1. The number of benzene rings is 1. The molecule has 1 aromatic heterocycles. The van der Waals surface area contributed by atoms with Gasteiger partial charge in [0.1, 0.15) is 6.54 Å². The smallest absolute Gasteiger partial charge is 0.307 e. The third-order valence-corrected chi connectivity index (χ3v) is 4.16. The van der Waals surface area contributed by atoms with Crippen molar-refractivity contribution in [1.82, 2.24) is 9.47 Å². The Morgan fingerprint density at radius 3 is 2.55 bits per heavy atom. The molecule has 0 bridgehead atoms. The van der Waals surface area contributed by atoms with Gasteiger partial charge < -0.3 is 4.90 Å². The number of carbonyl (C=O) groups excluding carboxylic acids is 1. The highest BCUT2D eigenvalue weighted by Crippen LogP contribution is 2.11. The minimum atomic E-state index is -0.101. The van der Waals surface area contributed by atoms with E-state index in [1.54, 1.807) is 29.5 Å². The predicted octanol–water partition coefficient (Wildman–Crippen LogP) is 2.53. The lowest BCUT2D eigenvalue weighted by Gasteiger charge is -2.18. The van der Waals surface area contributed by atoms with E-state index in [1.807, 2.05) is 19.1 Å². The van der Waals surface area contributed by atoms with Crippen LogP contribution in [0.4, 0.5) is 0 Å². The highest BCUT2D eigenvalue weighted by molar-refractivity contribution is 7.07. The zero-order valence-corrected chi connectivity index (χ0v) is 12.9. The standard InChI is InChI=1S/C14H15ClN2O2S/c1-10-9-20-14(19)17(10)8-13(18)16(2)7-11-3-5-12(15)6-4-11/h3-6,9H,7-8H2,1-2H3. The molecule has 0 unspecified atom stereocenters. The van der Waals surface area contributed by atoms with E-state index in [0.717, 1.165) is 22.6 Å². The van der Waals surface area contributed by atoms with Crippen LogP contribution in [-0.2, 0) is 17.9 Å². The minimum absolute atomic E-state index is 0.0816. The number of likely N-dealkylation sites (N-methyl/N-ethyl adjacent to an activating group) is 1. The zero-order valence-electron chi connectivity index (χ0n) is 11.3. The van der Waals surface area contributed by atoms with Crippen LogP contribution < -0.4 is 4.87 Å². The summed E-state index contributed by atoms with van der Waals surface area (Å²) in [7, 11) is 1.73. The Bertz CT molecular complexity index is 661. The Balaban J connectivity index is 2.02. The first-order chi connectivity index (χ1) is 9.47. The molecule has 0 spiro atoms. The topological polar surface area (TPSA) is 42.3 Å². The first-order valence-corrected chi connectivity index (χ1v) is 7.36. The van der Waals surface area contributed by atoms with Crippen LogP contribution in [-0.4, -0.2) is 22.4 Å². The second-order valence-corrected chi connectivity index (χ2v) is 5.86. The monoisotopic (exact) mass is 310 g/mol. The summed E-state index contributed by atoms with van der Waals surface area (Å²) >= 11 is 6.94. The maximum absolute atomic E-state index is 12.1. The highest BCUT2D eigenvalue weighted by Gasteiger charge is 2.13. The first kappa shape index (κ1) is 14.8. The number of nitrogens with zero attached hydrogens (tertiary/aromatic N) is 2. The molecule has 0 saturated heterocycles. The molecule has 0 fully saturated rings. The van der Waals surface area contributed by atoms with Gasteiger partial charge in [-0.05, 0) is 24.6 Å². The molecule has 0 aliphatic carbocycles. The van der Waals surface area contributed by atoms with Crippen molar-refractivity contribution in [3.05, 3.63) is 55.6 Å². The fourth-order valence-electron chi connectivity index (χ4n) is 1.80. The Morgan fingerprint density at radius 2 is 2.00 bits per heavy atom. The van der Waals surface area contributed by atoms with Crippen LogP contribution >= 0.6 is 22.9 Å². The van der Waals surface area contributed by atoms with Gasteiger partial charge in [-0.1, -0.05) is 35.1 Å². The first-order valence-electron chi connectivity index (χ1n) is 6.10. The molecule has 1 heterocycles. The summed E-state index contributed by atoms with van der Waals surface area (Å²) in [5.41, 5.74) is 1.81. The lowest BCUT2D eigenvalue weighted by molar-refractivity contribution is -0.131. The van der Waals surface area contributed by atoms with Crippen LogP contribution in [0.25, 0.3) is 0 Å². The molecule has 2 aromatic rings. The molecular weight excluding hydrogens is 296 g/mol. The molecular formula is C14H15ClN2O2S. The van der Waals surface area contributed by atoms with Gasteiger partial charge in [0.15, 0.2) is 0 Å². The van der Waals surface area contributed by atoms with Crippen LogP contribution in [0.3, 0.4) is 0 Å². The average Bonchev–Trinajstić information content (AvgIpc) is 2.73. The SMILES string of the molecule is Cc1csc(=O)n1CC(=O)N(C)Cc1ccc(Cl)cc1. The molecule has 0 aliphatic rings. The lowest BCUT2D eigenvalue weighted by atomic mass is 10.2. The van der Waals surface area contributed by atoms with E-state index in [-0.39, 0.29) is 17.3 Å². The molecule has 6 heteroatoms. The minimum Gasteiger partial charge on any atom is -0.340 e. The van der Waals surface area contributed by atoms with Crippen molar-refractivity contribution in [3.8, 4) is 0 Å². The van der Waals surface area contributed by atoms with Crippen molar-refractivity contribution in [1.29, 1.82) is 0 Å². The summed E-state index contributed by atoms with van der Waals surface area (Å²) in [4.78, 5) is 25.2. The summed E-state index contributed by atoms with van der Waals surface area (Å²) in [6.07, 6.45) is 0. The fourth-order valence-corrected chi connectivity index (χ4v) is 2.66. The van der Waals surface area contributed by atoms with Gasteiger partial charge in [-0.3, -0.25) is 14.2 Å². The number of carbonyl (C=O) groups is 1. The second kappa shape index (κ2) is 6.24. The summed E-state index contributed by atoms with van der Waals surface area (Å²) in [5.74, 6) is -0.0939. The number of aromatic nitrogens is 1. The third kappa shape index (κ3) is 3.49. The quantitative estimate of drug-likeness (QED) is 0.871. The molecule has 20 heavy (non-hydrogen) atoms. The fraction of sp³-hybridized carbons (Fsp3) is 0.286. The second-order valence-electron chi connectivity index (χ2n) is 4.61. The predicted molar refractivity (Wildman–Crippen MR) is 81.2 cm³/mol. The molecule has 4 nitrogen and oxygen atoms in total. The molecule has 2 rings (SSSR count). The summed E-state index contributed by atoms with van der Waals surface area (Å²) in [5, 5.41) is 2.43. The number of hydrogen-bond donors (Lipinski definition) is 0. The average molecular weight is 311 g/mol. The van der Waals surface area contributed by atoms with Gasteiger partial charge in [-0.2, -0.15) is 0 Å². The van der Waals surface area contributed by atoms with Crippen molar-refractivity contribution in [3.63, 3.8) is 0 Å². The normalized spacial score (nSPS) is 10.6. The van der Waals surface area contributed by atoms with Crippen LogP contribution in [0.15, 0.2) is 34.4 Å². The van der Waals surface area contributed by atoms with Gasteiger partial charge in [0.05, 0.1) is 0 Å². The Kier molecular flexibility index (Phi) is 4.62. The van der Waals surface area contributed by atoms with Crippen LogP contribution in [0.2, 0.25) is 5.02 Å². The van der Waals surface area contributed by atoms with Crippen LogP contribution in [0, 0.1) is 6.92 Å². The van der Waals surface area contributed by atoms with E-state index >= 15 is 0 Å². The van der Waals surface area contributed by atoms with Gasteiger partial charge in [-0.15, -0.1) is 0 Å². The number of amides is 1. The van der Waals surface area contributed by atoms with E-state index in [1.165, 1.54) is 4.57 Å². The lowest BCUT2D eigenvalue weighted by Crippen LogP contribution is -2.32. The van der Waals surface area contributed by atoms with E-state index in [4.69, 9.17) is 11.6 Å². The number of rotatable bonds is 4. The van der Waals surface area contributed by atoms with Crippen LogP contribution in [0.1, 0.15) is 11.3 Å². The molecule has 1 aromatic carbocycles. The Hall–Kier alpha value is -1.59. The molecule has 0 aliphatic heterocycles. The molecule has 0 atom stereocenters. The molecule has 0 saturated carbocycles. The van der Waals surface area contributed by atoms with Crippen molar-refractivity contribution in [2.75, 3.05) is 7.05 Å². The van der Waals surface area contributed by atoms with Crippen molar-refractivity contribution >= 4 is 28.8 Å². The Morgan fingerprint density at radius 1 is 1.35 bits per heavy atom. The summed E-state index contributed by atoms with van der Waals surface area (Å²) < 4.78 is 1.49. The largest absolute Gasteiger partial charge is 0.340 e. The maximum Gasteiger partial charge on any atom is 0.307 e. The number of hydrogen-bond acceptors (Lipinski definition) is 3. The maximum atomic E-state index is 12.1. The van der Waals surface area contributed by atoms with Gasteiger partial charge in [0, 0.05) is 29.7 Å². The number of aryl methyl sites for hydroxylation is 1. The summed E-state index contributed by atoms with van der Waals surface area (Å²) in [6.45, 7) is 2.40. The van der Waals surface area contributed by atoms with E-state index < -0.39 is 0 Å². The third-order valence-electron chi connectivity index (χ3n) is 3.03. The van der Waals surface area contributed by atoms with Crippen molar-refractivity contribution < 1.29 is 4.79 Å². The van der Waals surface area contributed by atoms with Gasteiger partial charge in [0.25, 0.3) is 0 Å².